The van der Waals surface area contributed by atoms with Crippen LogP contribution in [0, 0.1) is 13.8 Å². The van der Waals surface area contributed by atoms with Gasteiger partial charge in [0.25, 0.3) is 0 Å². The fraction of sp³-hybridized carbons (Fsp3) is 0.786. The molecule has 1 fully saturated rings. The van der Waals surface area contributed by atoms with Crippen LogP contribution >= 0.6 is 11.8 Å². The third-order valence-electron chi connectivity index (χ3n) is 3.98. The van der Waals surface area contributed by atoms with Crippen molar-refractivity contribution in [1.29, 1.82) is 0 Å². The van der Waals surface area contributed by atoms with Gasteiger partial charge in [-0.1, -0.05) is 31.0 Å². The van der Waals surface area contributed by atoms with E-state index in [0.29, 0.717) is 11.8 Å². The van der Waals surface area contributed by atoms with E-state index in [1.54, 1.807) is 11.8 Å². The number of rotatable bonds is 5. The highest BCUT2D eigenvalue weighted by molar-refractivity contribution is 8.00. The van der Waals surface area contributed by atoms with Gasteiger partial charge in [0.15, 0.2) is 5.16 Å². The second-order valence-electron chi connectivity index (χ2n) is 5.71. The van der Waals surface area contributed by atoms with E-state index in [1.165, 1.54) is 44.1 Å². The molecule has 114 valence electrons. The monoisotopic (exact) mass is 316 g/mol. The number of imidazole rings is 1. The Bertz CT molecular complexity index is 558. The molecule has 1 aliphatic carbocycles. The minimum Gasteiger partial charge on any atom is -0.320 e. The Kier molecular flexibility index (Phi) is 5.18. The molecule has 0 N–H and O–H groups in total. The highest BCUT2D eigenvalue weighted by Crippen LogP contribution is 2.34. The second kappa shape index (κ2) is 6.52. The summed E-state index contributed by atoms with van der Waals surface area (Å²) in [5, 5.41) is 0.996. The van der Waals surface area contributed by atoms with Crippen molar-refractivity contribution in [1.82, 2.24) is 9.55 Å². The summed E-state index contributed by atoms with van der Waals surface area (Å²) in [6, 6.07) is 0.547. The van der Waals surface area contributed by atoms with E-state index < -0.39 is 9.84 Å². The van der Waals surface area contributed by atoms with Crippen molar-refractivity contribution in [3.05, 3.63) is 11.4 Å². The van der Waals surface area contributed by atoms with E-state index in [2.05, 4.69) is 16.5 Å². The molecule has 0 bridgehead atoms. The first-order valence-corrected chi connectivity index (χ1v) is 10.3. The van der Waals surface area contributed by atoms with Crippen LogP contribution in [0.3, 0.4) is 0 Å². The molecule has 1 saturated carbocycles. The van der Waals surface area contributed by atoms with Crippen molar-refractivity contribution in [2.45, 2.75) is 57.1 Å². The molecular weight excluding hydrogens is 292 g/mol. The molecule has 0 atom stereocenters. The Hall–Kier alpha value is -0.490. The summed E-state index contributed by atoms with van der Waals surface area (Å²) in [6.07, 6.45) is 7.63. The van der Waals surface area contributed by atoms with E-state index in [1.807, 2.05) is 6.92 Å². The molecule has 0 radical (unpaired) electrons. The zero-order chi connectivity index (χ0) is 14.8. The van der Waals surface area contributed by atoms with Crippen molar-refractivity contribution in [3.63, 3.8) is 0 Å². The molecule has 1 aromatic heterocycles. The van der Waals surface area contributed by atoms with E-state index >= 15 is 0 Å². The number of thioether (sulfide) groups is 1. The van der Waals surface area contributed by atoms with Gasteiger partial charge in [-0.25, -0.2) is 13.4 Å². The van der Waals surface area contributed by atoms with Gasteiger partial charge in [0.05, 0.1) is 11.4 Å². The summed E-state index contributed by atoms with van der Waals surface area (Å²) in [7, 11) is -2.89. The van der Waals surface area contributed by atoms with Gasteiger partial charge in [0.1, 0.15) is 9.84 Å². The Morgan fingerprint density at radius 1 is 1.25 bits per heavy atom. The van der Waals surface area contributed by atoms with Crippen molar-refractivity contribution in [2.24, 2.45) is 0 Å². The third-order valence-corrected chi connectivity index (χ3v) is 6.14. The Labute approximate surface area is 126 Å². The van der Waals surface area contributed by atoms with Crippen LogP contribution < -0.4 is 0 Å². The molecule has 1 aromatic rings. The van der Waals surface area contributed by atoms with Gasteiger partial charge in [-0.3, -0.25) is 0 Å². The Balaban J connectivity index is 2.13. The van der Waals surface area contributed by atoms with Gasteiger partial charge in [0, 0.05) is 23.7 Å². The van der Waals surface area contributed by atoms with Crippen LogP contribution in [0.15, 0.2) is 5.16 Å². The summed E-state index contributed by atoms with van der Waals surface area (Å²) in [5.74, 6) is 0.800. The maximum absolute atomic E-state index is 11.2. The SMILES string of the molecule is Cc1nc(SCCS(C)(=O)=O)n(C2CCCCC2)c1C. The molecule has 0 aliphatic heterocycles. The zero-order valence-electron chi connectivity index (χ0n) is 12.6. The van der Waals surface area contributed by atoms with Crippen molar-refractivity contribution >= 4 is 21.6 Å². The fourth-order valence-electron chi connectivity index (χ4n) is 2.75. The predicted molar refractivity (Wildman–Crippen MR) is 84.3 cm³/mol. The molecule has 0 spiro atoms. The van der Waals surface area contributed by atoms with Crippen LogP contribution in [-0.2, 0) is 9.84 Å². The molecule has 0 unspecified atom stereocenters. The summed E-state index contributed by atoms with van der Waals surface area (Å²) in [5.41, 5.74) is 2.30. The van der Waals surface area contributed by atoms with Crippen molar-refractivity contribution in [3.8, 4) is 0 Å². The van der Waals surface area contributed by atoms with Crippen LogP contribution in [0.25, 0.3) is 0 Å². The van der Waals surface area contributed by atoms with E-state index in [0.717, 1.165) is 10.9 Å². The number of aromatic nitrogens is 2. The van der Waals surface area contributed by atoms with Crippen LogP contribution in [0.5, 0.6) is 0 Å². The number of nitrogens with zero attached hydrogens (tertiary/aromatic N) is 2. The lowest BCUT2D eigenvalue weighted by Gasteiger charge is -2.26. The average Bonchev–Trinajstić information content (AvgIpc) is 2.65. The van der Waals surface area contributed by atoms with Gasteiger partial charge in [-0.2, -0.15) is 0 Å². The number of hydrogen-bond donors (Lipinski definition) is 0. The predicted octanol–water partition coefficient (Wildman–Crippen LogP) is 3.14. The topological polar surface area (TPSA) is 52.0 Å². The van der Waals surface area contributed by atoms with Crippen LogP contribution in [0.2, 0.25) is 0 Å². The van der Waals surface area contributed by atoms with Gasteiger partial charge >= 0.3 is 0 Å². The Morgan fingerprint density at radius 2 is 1.90 bits per heavy atom. The molecule has 1 aliphatic rings. The minimum absolute atomic E-state index is 0.216. The largest absolute Gasteiger partial charge is 0.320 e. The maximum Gasteiger partial charge on any atom is 0.168 e. The lowest BCUT2D eigenvalue weighted by molar-refractivity contribution is 0.332. The molecule has 6 heteroatoms. The van der Waals surface area contributed by atoms with Crippen LogP contribution in [0.4, 0.5) is 0 Å². The first-order chi connectivity index (χ1) is 9.38. The third kappa shape index (κ3) is 4.01. The first kappa shape index (κ1) is 15.9. The van der Waals surface area contributed by atoms with E-state index in [9.17, 15) is 8.42 Å². The van der Waals surface area contributed by atoms with Gasteiger partial charge in [-0.15, -0.1) is 0 Å². The quantitative estimate of drug-likeness (QED) is 0.783. The smallest absolute Gasteiger partial charge is 0.168 e. The Morgan fingerprint density at radius 3 is 2.50 bits per heavy atom. The second-order valence-corrected chi connectivity index (χ2v) is 9.03. The summed E-state index contributed by atoms with van der Waals surface area (Å²) < 4.78 is 24.8. The molecule has 0 aromatic carbocycles. The molecule has 0 amide bonds. The van der Waals surface area contributed by atoms with Crippen LogP contribution in [0.1, 0.15) is 49.5 Å². The minimum atomic E-state index is -2.89. The van der Waals surface area contributed by atoms with Crippen molar-refractivity contribution in [2.75, 3.05) is 17.8 Å². The highest BCUT2D eigenvalue weighted by atomic mass is 32.2. The standard InChI is InChI=1S/C14H24N2O2S2/c1-11-12(2)16(13-7-5-4-6-8-13)14(15-11)19-9-10-20(3,17)18/h13H,4-10H2,1-3H3. The van der Waals surface area contributed by atoms with Gasteiger partial charge in [0.2, 0.25) is 0 Å². The van der Waals surface area contributed by atoms with E-state index in [4.69, 9.17) is 0 Å². The first-order valence-electron chi connectivity index (χ1n) is 7.24. The van der Waals surface area contributed by atoms with Gasteiger partial charge < -0.3 is 4.57 Å². The fourth-order valence-corrected chi connectivity index (χ4v) is 5.10. The lowest BCUT2D eigenvalue weighted by atomic mass is 9.95. The molecule has 0 saturated heterocycles. The molecular formula is C14H24N2O2S2. The summed E-state index contributed by atoms with van der Waals surface area (Å²) in [4.78, 5) is 4.64. The number of aryl methyl sites for hydroxylation is 1. The summed E-state index contributed by atoms with van der Waals surface area (Å²) in [6.45, 7) is 4.16. The normalized spacial score (nSPS) is 17.6. The van der Waals surface area contributed by atoms with Crippen LogP contribution in [-0.4, -0.2) is 35.7 Å². The van der Waals surface area contributed by atoms with E-state index in [-0.39, 0.29) is 5.75 Å². The number of hydrogen-bond acceptors (Lipinski definition) is 4. The molecule has 4 nitrogen and oxygen atoms in total. The summed E-state index contributed by atoms with van der Waals surface area (Å²) >= 11 is 1.58. The average molecular weight is 316 g/mol. The maximum atomic E-state index is 11.2. The molecule has 20 heavy (non-hydrogen) atoms. The molecule has 1 heterocycles. The number of sulfone groups is 1. The van der Waals surface area contributed by atoms with Gasteiger partial charge in [-0.05, 0) is 26.7 Å². The lowest BCUT2D eigenvalue weighted by Crippen LogP contribution is -2.15. The van der Waals surface area contributed by atoms with Crippen molar-refractivity contribution < 1.29 is 8.42 Å². The molecule has 2 rings (SSSR count). The highest BCUT2D eigenvalue weighted by Gasteiger charge is 2.22. The zero-order valence-corrected chi connectivity index (χ0v) is 14.2.